The second-order valence-corrected chi connectivity index (χ2v) is 7.99. The van der Waals surface area contributed by atoms with Gasteiger partial charge in [0, 0.05) is 16.6 Å². The van der Waals surface area contributed by atoms with E-state index >= 15 is 0 Å². The zero-order valence-corrected chi connectivity index (χ0v) is 15.7. The molecule has 1 fully saturated rings. The van der Waals surface area contributed by atoms with Crippen molar-refractivity contribution in [2.45, 2.75) is 39.2 Å². The molecule has 1 aliphatic rings. The van der Waals surface area contributed by atoms with Crippen molar-refractivity contribution in [3.05, 3.63) is 53.0 Å². The lowest BCUT2D eigenvalue weighted by Gasteiger charge is -2.27. The lowest BCUT2D eigenvalue weighted by atomic mass is 9.83. The molecule has 0 unspecified atom stereocenters. The van der Waals surface area contributed by atoms with Crippen molar-refractivity contribution in [1.82, 2.24) is 9.55 Å². The number of hydrogen-bond donors (Lipinski definition) is 0. The predicted octanol–water partition coefficient (Wildman–Crippen LogP) is 6.29. The lowest BCUT2D eigenvalue weighted by molar-refractivity contribution is 0.267. The highest BCUT2D eigenvalue weighted by Gasteiger charge is 2.22. The van der Waals surface area contributed by atoms with Gasteiger partial charge in [-0.15, -0.1) is 0 Å². The number of halogens is 1. The molecule has 0 saturated heterocycles. The van der Waals surface area contributed by atoms with Crippen molar-refractivity contribution in [1.29, 1.82) is 0 Å². The van der Waals surface area contributed by atoms with Gasteiger partial charge in [-0.3, -0.25) is 0 Å². The van der Waals surface area contributed by atoms with Gasteiger partial charge < -0.3 is 4.57 Å². The maximum atomic E-state index is 4.96. The fraction of sp³-hybridized carbons (Fsp3) is 0.381. The zero-order valence-electron chi connectivity index (χ0n) is 14.1. The minimum Gasteiger partial charge on any atom is -0.324 e. The van der Waals surface area contributed by atoms with Gasteiger partial charge in [0.25, 0.3) is 0 Å². The van der Waals surface area contributed by atoms with Gasteiger partial charge in [-0.2, -0.15) is 0 Å². The molecular weight excluding hydrogens is 360 g/mol. The quantitative estimate of drug-likeness (QED) is 0.520. The lowest BCUT2D eigenvalue weighted by Crippen LogP contribution is -2.18. The largest absolute Gasteiger partial charge is 0.324 e. The van der Waals surface area contributed by atoms with Crippen molar-refractivity contribution in [2.24, 2.45) is 11.8 Å². The van der Waals surface area contributed by atoms with Gasteiger partial charge in [0.1, 0.15) is 5.82 Å². The van der Waals surface area contributed by atoms with E-state index in [2.05, 4.69) is 76.0 Å². The molecule has 0 atom stereocenters. The normalized spacial score (nSPS) is 21.2. The van der Waals surface area contributed by atoms with E-state index in [1.165, 1.54) is 36.8 Å². The molecule has 1 aromatic heterocycles. The number of para-hydroxylation sites is 2. The summed E-state index contributed by atoms with van der Waals surface area (Å²) in [6, 6.07) is 16.9. The number of nitrogens with zero attached hydrogens (tertiary/aromatic N) is 2. The molecule has 1 aliphatic carbocycles. The summed E-state index contributed by atoms with van der Waals surface area (Å²) < 4.78 is 3.55. The summed E-state index contributed by atoms with van der Waals surface area (Å²) in [5.74, 6) is 2.74. The van der Waals surface area contributed by atoms with Gasteiger partial charge >= 0.3 is 0 Å². The first-order valence-electron chi connectivity index (χ1n) is 8.92. The molecule has 0 bridgehead atoms. The van der Waals surface area contributed by atoms with Crippen LogP contribution in [0.4, 0.5) is 0 Å². The molecule has 3 aromatic rings. The molecule has 4 rings (SSSR count). The Morgan fingerprint density at radius 3 is 2.50 bits per heavy atom. The fourth-order valence-corrected chi connectivity index (χ4v) is 4.34. The van der Waals surface area contributed by atoms with Crippen molar-refractivity contribution in [2.75, 3.05) is 0 Å². The molecule has 3 heteroatoms. The molecule has 0 N–H and O–H groups in total. The van der Waals surface area contributed by atoms with E-state index in [0.29, 0.717) is 0 Å². The van der Waals surface area contributed by atoms with E-state index < -0.39 is 0 Å². The van der Waals surface area contributed by atoms with E-state index in [0.717, 1.165) is 34.2 Å². The van der Waals surface area contributed by atoms with Crippen LogP contribution in [0.3, 0.4) is 0 Å². The summed E-state index contributed by atoms with van der Waals surface area (Å²) in [7, 11) is 0. The summed E-state index contributed by atoms with van der Waals surface area (Å²) in [5.41, 5.74) is 3.52. The molecule has 2 aromatic carbocycles. The van der Waals surface area contributed by atoms with Crippen molar-refractivity contribution in [3.8, 4) is 11.4 Å². The first-order chi connectivity index (χ1) is 11.7. The maximum Gasteiger partial charge on any atom is 0.142 e. The molecule has 0 spiro atoms. The van der Waals surface area contributed by atoms with E-state index in [-0.39, 0.29) is 0 Å². The van der Waals surface area contributed by atoms with E-state index in [1.807, 2.05) is 0 Å². The van der Waals surface area contributed by atoms with Crippen LogP contribution in [0.25, 0.3) is 22.4 Å². The van der Waals surface area contributed by atoms with Gasteiger partial charge in [0.2, 0.25) is 0 Å². The van der Waals surface area contributed by atoms with Crippen LogP contribution in [-0.2, 0) is 6.54 Å². The van der Waals surface area contributed by atoms with Crippen molar-refractivity contribution in [3.63, 3.8) is 0 Å². The van der Waals surface area contributed by atoms with Crippen LogP contribution < -0.4 is 0 Å². The Bertz CT molecular complexity index is 844. The van der Waals surface area contributed by atoms with Crippen molar-refractivity contribution < 1.29 is 0 Å². The minimum absolute atomic E-state index is 0.764. The van der Waals surface area contributed by atoms with Crippen LogP contribution in [0.2, 0.25) is 0 Å². The summed E-state index contributed by atoms with van der Waals surface area (Å²) in [4.78, 5) is 4.96. The maximum absolute atomic E-state index is 4.96. The molecule has 24 heavy (non-hydrogen) atoms. The Kier molecular flexibility index (Phi) is 4.45. The van der Waals surface area contributed by atoms with E-state index in [4.69, 9.17) is 4.98 Å². The topological polar surface area (TPSA) is 17.8 Å². The molecule has 0 radical (unpaired) electrons. The standard InChI is InChI=1S/C21H23BrN2/c1-15-10-12-16(13-11-15)14-24-20-9-5-4-8-19(20)23-21(24)17-6-2-3-7-18(17)22/h2-9,15-16H,10-14H2,1H3. The number of benzene rings is 2. The molecule has 2 nitrogen and oxygen atoms in total. The number of rotatable bonds is 3. The summed E-state index contributed by atoms with van der Waals surface area (Å²) in [5, 5.41) is 0. The van der Waals surface area contributed by atoms with Crippen LogP contribution >= 0.6 is 15.9 Å². The summed E-state index contributed by atoms with van der Waals surface area (Å²) in [6.45, 7) is 3.46. The highest BCUT2D eigenvalue weighted by Crippen LogP contribution is 2.34. The Balaban J connectivity index is 1.77. The van der Waals surface area contributed by atoms with Crippen molar-refractivity contribution >= 4 is 27.0 Å². The summed E-state index contributed by atoms with van der Waals surface area (Å²) >= 11 is 3.70. The van der Waals surface area contributed by atoms with Gasteiger partial charge in [-0.1, -0.05) is 66.0 Å². The second kappa shape index (κ2) is 6.72. The van der Waals surface area contributed by atoms with Gasteiger partial charge in [0.15, 0.2) is 0 Å². The van der Waals surface area contributed by atoms with Crippen LogP contribution in [0.5, 0.6) is 0 Å². The van der Waals surface area contributed by atoms with Crippen LogP contribution in [0.15, 0.2) is 53.0 Å². The summed E-state index contributed by atoms with van der Waals surface area (Å²) in [6.07, 6.45) is 5.40. The van der Waals surface area contributed by atoms with E-state index in [9.17, 15) is 0 Å². The van der Waals surface area contributed by atoms with Gasteiger partial charge in [-0.05, 0) is 42.9 Å². The highest BCUT2D eigenvalue weighted by atomic mass is 79.9. The minimum atomic E-state index is 0.764. The Hall–Kier alpha value is -1.61. The van der Waals surface area contributed by atoms with Crippen LogP contribution in [0, 0.1) is 11.8 Å². The Labute approximate surface area is 152 Å². The van der Waals surface area contributed by atoms with E-state index in [1.54, 1.807) is 0 Å². The average molecular weight is 383 g/mol. The predicted molar refractivity (Wildman–Crippen MR) is 104 cm³/mol. The number of fused-ring (bicyclic) bond motifs is 1. The fourth-order valence-electron chi connectivity index (χ4n) is 3.88. The molecule has 0 amide bonds. The SMILES string of the molecule is CC1CCC(Cn2c(-c3ccccc3Br)nc3ccccc32)CC1. The number of hydrogen-bond acceptors (Lipinski definition) is 1. The molecule has 1 saturated carbocycles. The third kappa shape index (κ3) is 3.02. The van der Waals surface area contributed by atoms with Crippen LogP contribution in [-0.4, -0.2) is 9.55 Å². The third-order valence-electron chi connectivity index (χ3n) is 5.35. The molecular formula is C21H23BrN2. The monoisotopic (exact) mass is 382 g/mol. The smallest absolute Gasteiger partial charge is 0.142 e. The molecule has 124 valence electrons. The van der Waals surface area contributed by atoms with Crippen LogP contribution in [0.1, 0.15) is 32.6 Å². The zero-order chi connectivity index (χ0) is 16.5. The average Bonchev–Trinajstić information content (AvgIpc) is 2.96. The first kappa shape index (κ1) is 15.9. The molecule has 1 heterocycles. The third-order valence-corrected chi connectivity index (χ3v) is 6.04. The van der Waals surface area contributed by atoms with Gasteiger partial charge in [0.05, 0.1) is 11.0 Å². The Morgan fingerprint density at radius 2 is 1.71 bits per heavy atom. The highest BCUT2D eigenvalue weighted by molar-refractivity contribution is 9.10. The van der Waals surface area contributed by atoms with Gasteiger partial charge in [-0.25, -0.2) is 4.98 Å². The molecule has 0 aliphatic heterocycles. The number of aromatic nitrogens is 2. The second-order valence-electron chi connectivity index (χ2n) is 7.14. The number of imidazole rings is 1. The first-order valence-corrected chi connectivity index (χ1v) is 9.72. The Morgan fingerprint density at radius 1 is 1.00 bits per heavy atom.